The van der Waals surface area contributed by atoms with Crippen LogP contribution in [0.1, 0.15) is 65.7 Å². The lowest BCUT2D eigenvalue weighted by atomic mass is 9.84. The van der Waals surface area contributed by atoms with Gasteiger partial charge in [0.05, 0.1) is 0 Å². The fraction of sp³-hybridized carbons (Fsp3) is 0.857. The average molecular weight is 271 g/mol. The van der Waals surface area contributed by atoms with E-state index in [0.717, 1.165) is 32.1 Å². The number of carboxylic acids is 1. The molecule has 1 amide bonds. The molecule has 1 fully saturated rings. The highest BCUT2D eigenvalue weighted by atomic mass is 16.6. The molecule has 5 nitrogen and oxygen atoms in total. The third-order valence-electron chi connectivity index (χ3n) is 3.36. The highest BCUT2D eigenvalue weighted by molar-refractivity contribution is 5.84. The minimum Gasteiger partial charge on any atom is -0.480 e. The molecular formula is C14H25NO4. The second-order valence-electron chi connectivity index (χ2n) is 6.28. The summed E-state index contributed by atoms with van der Waals surface area (Å²) in [5, 5.41) is 12.1. The molecule has 1 saturated carbocycles. The third-order valence-corrected chi connectivity index (χ3v) is 3.36. The maximum Gasteiger partial charge on any atom is 0.408 e. The Balaban J connectivity index is 2.74. The second kappa shape index (κ2) is 6.26. The van der Waals surface area contributed by atoms with Crippen LogP contribution in [0.25, 0.3) is 0 Å². The lowest BCUT2D eigenvalue weighted by molar-refractivity contribution is -0.145. The monoisotopic (exact) mass is 271 g/mol. The van der Waals surface area contributed by atoms with Crippen molar-refractivity contribution in [2.24, 2.45) is 0 Å². The number of amides is 1. The highest BCUT2D eigenvalue weighted by Crippen LogP contribution is 2.27. The lowest BCUT2D eigenvalue weighted by Crippen LogP contribution is -2.55. The molecule has 0 unspecified atom stereocenters. The van der Waals surface area contributed by atoms with Gasteiger partial charge in [0, 0.05) is 0 Å². The summed E-state index contributed by atoms with van der Waals surface area (Å²) in [6.07, 6.45) is 5.13. The first kappa shape index (κ1) is 15.8. The molecule has 0 radical (unpaired) electrons. The third kappa shape index (κ3) is 5.09. The number of rotatable bonds is 2. The summed E-state index contributed by atoms with van der Waals surface area (Å²) in [4.78, 5) is 23.4. The summed E-state index contributed by atoms with van der Waals surface area (Å²) < 4.78 is 5.17. The number of hydrogen-bond acceptors (Lipinski definition) is 3. The minimum absolute atomic E-state index is 0.474. The van der Waals surface area contributed by atoms with Crippen LogP contribution in [-0.2, 0) is 9.53 Å². The van der Waals surface area contributed by atoms with E-state index in [-0.39, 0.29) is 0 Å². The Morgan fingerprint density at radius 2 is 1.53 bits per heavy atom. The molecule has 1 rings (SSSR count). The van der Waals surface area contributed by atoms with Crippen LogP contribution in [0, 0.1) is 0 Å². The molecule has 1 aliphatic carbocycles. The maximum absolute atomic E-state index is 11.8. The van der Waals surface area contributed by atoms with E-state index in [2.05, 4.69) is 5.32 Å². The normalized spacial score (nSPS) is 19.9. The summed E-state index contributed by atoms with van der Waals surface area (Å²) >= 11 is 0. The van der Waals surface area contributed by atoms with Crippen molar-refractivity contribution >= 4 is 12.1 Å². The number of aliphatic carboxylic acids is 1. The summed E-state index contributed by atoms with van der Waals surface area (Å²) in [6.45, 7) is 5.29. The molecule has 110 valence electrons. The van der Waals surface area contributed by atoms with E-state index in [1.807, 2.05) is 0 Å². The Kier molecular flexibility index (Phi) is 5.20. The Morgan fingerprint density at radius 1 is 1.05 bits per heavy atom. The zero-order chi connectivity index (χ0) is 14.5. The van der Waals surface area contributed by atoms with E-state index in [9.17, 15) is 14.7 Å². The number of nitrogens with one attached hydrogen (secondary N) is 1. The summed E-state index contributed by atoms with van der Waals surface area (Å²) in [5.74, 6) is -0.958. The van der Waals surface area contributed by atoms with Gasteiger partial charge in [-0.3, -0.25) is 0 Å². The topological polar surface area (TPSA) is 75.6 Å². The molecule has 1 aliphatic rings. The molecular weight excluding hydrogens is 246 g/mol. The molecule has 5 heteroatoms. The van der Waals surface area contributed by atoms with Crippen molar-refractivity contribution in [3.05, 3.63) is 0 Å². The smallest absolute Gasteiger partial charge is 0.408 e. The summed E-state index contributed by atoms with van der Waals surface area (Å²) in [7, 11) is 0. The summed E-state index contributed by atoms with van der Waals surface area (Å²) in [5.41, 5.74) is -1.78. The van der Waals surface area contributed by atoms with Crippen molar-refractivity contribution in [1.82, 2.24) is 5.32 Å². The second-order valence-corrected chi connectivity index (χ2v) is 6.28. The SMILES string of the molecule is CC(C)(C)OC(=O)NC1(C(=O)O)CCCCCCC1. The molecule has 0 saturated heterocycles. The van der Waals surface area contributed by atoms with Crippen LogP contribution < -0.4 is 5.32 Å². The average Bonchev–Trinajstić information content (AvgIpc) is 2.18. The predicted octanol–water partition coefficient (Wildman–Crippen LogP) is 3.08. The van der Waals surface area contributed by atoms with Crippen molar-refractivity contribution < 1.29 is 19.4 Å². The highest BCUT2D eigenvalue weighted by Gasteiger charge is 2.40. The van der Waals surface area contributed by atoms with Crippen LogP contribution in [0.3, 0.4) is 0 Å². The van der Waals surface area contributed by atoms with Crippen molar-refractivity contribution in [2.75, 3.05) is 0 Å². The van der Waals surface area contributed by atoms with E-state index >= 15 is 0 Å². The Hall–Kier alpha value is -1.26. The van der Waals surface area contributed by atoms with Gasteiger partial charge < -0.3 is 15.2 Å². The van der Waals surface area contributed by atoms with Crippen LogP contribution in [0.4, 0.5) is 4.79 Å². The largest absolute Gasteiger partial charge is 0.480 e. The maximum atomic E-state index is 11.8. The standard InChI is InChI=1S/C14H25NO4/c1-13(2,3)19-12(18)15-14(11(16)17)9-7-5-4-6-8-10-14/h4-10H2,1-3H3,(H,15,18)(H,16,17). The quantitative estimate of drug-likeness (QED) is 0.809. The van der Waals surface area contributed by atoms with Crippen LogP contribution in [0.5, 0.6) is 0 Å². The van der Waals surface area contributed by atoms with Gasteiger partial charge in [-0.2, -0.15) is 0 Å². The van der Waals surface area contributed by atoms with Gasteiger partial charge in [0.2, 0.25) is 0 Å². The first-order valence-corrected chi connectivity index (χ1v) is 7.00. The predicted molar refractivity (Wildman–Crippen MR) is 72.1 cm³/mol. The van der Waals surface area contributed by atoms with Gasteiger partial charge in [0.1, 0.15) is 11.1 Å². The van der Waals surface area contributed by atoms with E-state index in [1.165, 1.54) is 0 Å². The zero-order valence-electron chi connectivity index (χ0n) is 12.1. The van der Waals surface area contributed by atoms with Crippen LogP contribution >= 0.6 is 0 Å². The zero-order valence-corrected chi connectivity index (χ0v) is 12.1. The van der Waals surface area contributed by atoms with Gasteiger partial charge >= 0.3 is 12.1 Å². The first-order valence-electron chi connectivity index (χ1n) is 7.00. The molecule has 0 bridgehead atoms. The number of carbonyl (C=O) groups excluding carboxylic acids is 1. The Labute approximate surface area is 114 Å². The van der Waals surface area contributed by atoms with Crippen molar-refractivity contribution in [2.45, 2.75) is 76.9 Å². The Morgan fingerprint density at radius 3 is 1.95 bits per heavy atom. The number of ether oxygens (including phenoxy) is 1. The van der Waals surface area contributed by atoms with Gasteiger partial charge in [-0.1, -0.05) is 32.1 Å². The fourth-order valence-electron chi connectivity index (χ4n) is 2.40. The lowest BCUT2D eigenvalue weighted by Gasteiger charge is -2.33. The number of carbonyl (C=O) groups is 2. The van der Waals surface area contributed by atoms with Crippen molar-refractivity contribution in [3.8, 4) is 0 Å². The molecule has 0 aliphatic heterocycles. The first-order chi connectivity index (χ1) is 8.75. The van der Waals surface area contributed by atoms with Crippen LogP contribution in [0.15, 0.2) is 0 Å². The van der Waals surface area contributed by atoms with Gasteiger partial charge in [0.15, 0.2) is 0 Å². The van der Waals surface area contributed by atoms with Crippen molar-refractivity contribution in [3.63, 3.8) is 0 Å². The number of alkyl carbamates (subject to hydrolysis) is 1. The molecule has 0 aromatic carbocycles. The molecule has 0 heterocycles. The van der Waals surface area contributed by atoms with Crippen molar-refractivity contribution in [1.29, 1.82) is 0 Å². The molecule has 0 aromatic heterocycles. The van der Waals surface area contributed by atoms with E-state index in [4.69, 9.17) is 4.74 Å². The molecule has 2 N–H and O–H groups in total. The van der Waals surface area contributed by atoms with Gasteiger partial charge in [-0.05, 0) is 33.6 Å². The van der Waals surface area contributed by atoms with E-state index in [1.54, 1.807) is 20.8 Å². The van der Waals surface area contributed by atoms with Gasteiger partial charge in [0.25, 0.3) is 0 Å². The fourth-order valence-corrected chi connectivity index (χ4v) is 2.40. The van der Waals surface area contributed by atoms with E-state index < -0.39 is 23.2 Å². The van der Waals surface area contributed by atoms with Gasteiger partial charge in [-0.15, -0.1) is 0 Å². The Bertz CT molecular complexity index is 325. The summed E-state index contributed by atoms with van der Waals surface area (Å²) in [6, 6.07) is 0. The van der Waals surface area contributed by atoms with E-state index in [0.29, 0.717) is 12.8 Å². The molecule has 0 spiro atoms. The van der Waals surface area contributed by atoms with Crippen LogP contribution in [-0.4, -0.2) is 28.3 Å². The van der Waals surface area contributed by atoms with Crippen LogP contribution in [0.2, 0.25) is 0 Å². The molecule has 0 aromatic rings. The number of carboxylic acid groups (broad SMARTS) is 1. The minimum atomic E-state index is -1.16. The molecule has 0 atom stereocenters. The van der Waals surface area contributed by atoms with Gasteiger partial charge in [-0.25, -0.2) is 9.59 Å². The number of hydrogen-bond donors (Lipinski definition) is 2. The molecule has 19 heavy (non-hydrogen) atoms.